The van der Waals surface area contributed by atoms with Crippen molar-refractivity contribution in [1.29, 1.82) is 0 Å². The Morgan fingerprint density at radius 3 is 1.48 bits per heavy atom. The standard InChI is InChI=1S/C48H84O6/c1-3-5-7-9-11-13-15-41-17-21-43(22-18-41)25-26-45-28-30-46(29-27-44-23-19-42(20-24-44)16-14-12-10-8-6-4-2)47(37-45)39-53-35-33-51-31-32-52-34-36-54-40-48(50)38-49/h41-50H,3-24,28,30-40H2,1-2H3. The summed E-state index contributed by atoms with van der Waals surface area (Å²) in [6.07, 6.45) is 33.0. The van der Waals surface area contributed by atoms with Crippen molar-refractivity contribution in [2.45, 2.75) is 180 Å². The monoisotopic (exact) mass is 757 g/mol. The Morgan fingerprint density at radius 1 is 0.500 bits per heavy atom. The van der Waals surface area contributed by atoms with E-state index in [-0.39, 0.29) is 13.2 Å². The number of aliphatic hydroxyl groups is 2. The molecule has 3 fully saturated rings. The molecule has 2 N–H and O–H groups in total. The Hall–Kier alpha value is -1.12. The van der Waals surface area contributed by atoms with E-state index in [1.54, 1.807) is 0 Å². The molecule has 0 heterocycles. The predicted octanol–water partition coefficient (Wildman–Crippen LogP) is 10.6. The Balaban J connectivity index is 1.38. The second-order valence-electron chi connectivity index (χ2n) is 17.2. The largest absolute Gasteiger partial charge is 0.394 e. The van der Waals surface area contributed by atoms with E-state index in [4.69, 9.17) is 24.1 Å². The highest BCUT2D eigenvalue weighted by Gasteiger charge is 2.30. The van der Waals surface area contributed by atoms with Crippen molar-refractivity contribution in [2.24, 2.45) is 41.4 Å². The first-order chi connectivity index (χ1) is 26.6. The van der Waals surface area contributed by atoms with E-state index in [1.165, 1.54) is 148 Å². The molecule has 0 aromatic carbocycles. The van der Waals surface area contributed by atoms with Crippen LogP contribution in [0.1, 0.15) is 174 Å². The molecule has 0 radical (unpaired) electrons. The number of unbranched alkanes of at least 4 members (excludes halogenated alkanes) is 10. The summed E-state index contributed by atoms with van der Waals surface area (Å²) in [5.74, 6) is 19.6. The lowest BCUT2D eigenvalue weighted by Crippen LogP contribution is -2.28. The van der Waals surface area contributed by atoms with Crippen LogP contribution < -0.4 is 0 Å². The van der Waals surface area contributed by atoms with Gasteiger partial charge in [0.1, 0.15) is 6.10 Å². The van der Waals surface area contributed by atoms with Gasteiger partial charge < -0.3 is 29.2 Å². The molecule has 54 heavy (non-hydrogen) atoms. The van der Waals surface area contributed by atoms with Gasteiger partial charge in [0.2, 0.25) is 0 Å². The predicted molar refractivity (Wildman–Crippen MR) is 223 cm³/mol. The molecule has 3 aliphatic rings. The van der Waals surface area contributed by atoms with Gasteiger partial charge in [-0.25, -0.2) is 0 Å². The molecule has 312 valence electrons. The molecule has 3 rings (SSSR count). The number of hydrogen-bond acceptors (Lipinski definition) is 6. The SMILES string of the molecule is CCCCCCCCC1CCC(C#CC2CCC(C#CC3CCC(CCCCCCCC)CC3)C(COCCOCCOCCOCC(O)CO)C2)CC1. The normalized spacial score (nSPS) is 26.4. The van der Waals surface area contributed by atoms with Crippen LogP contribution in [-0.4, -0.2) is 75.8 Å². The van der Waals surface area contributed by atoms with Gasteiger partial charge in [0, 0.05) is 23.7 Å². The minimum absolute atomic E-state index is 0.120. The average molecular weight is 757 g/mol. The molecular weight excluding hydrogens is 673 g/mol. The molecule has 0 saturated heterocycles. The highest BCUT2D eigenvalue weighted by Crippen LogP contribution is 2.36. The fourth-order valence-corrected chi connectivity index (χ4v) is 8.91. The van der Waals surface area contributed by atoms with Gasteiger partial charge in [-0.05, 0) is 88.4 Å². The summed E-state index contributed by atoms with van der Waals surface area (Å²) in [5.41, 5.74) is 0. The van der Waals surface area contributed by atoms with E-state index in [1.807, 2.05) is 0 Å². The molecule has 0 aromatic rings. The smallest absolute Gasteiger partial charge is 0.100 e. The van der Waals surface area contributed by atoms with E-state index < -0.39 is 6.10 Å². The van der Waals surface area contributed by atoms with Crippen LogP contribution in [0.15, 0.2) is 0 Å². The lowest BCUT2D eigenvalue weighted by molar-refractivity contribution is -0.0289. The topological polar surface area (TPSA) is 77.4 Å². The summed E-state index contributed by atoms with van der Waals surface area (Å²) in [7, 11) is 0. The number of rotatable bonds is 28. The van der Waals surface area contributed by atoms with Crippen molar-refractivity contribution in [3.05, 3.63) is 0 Å². The van der Waals surface area contributed by atoms with Gasteiger partial charge >= 0.3 is 0 Å². The number of ether oxygens (including phenoxy) is 4. The maximum Gasteiger partial charge on any atom is 0.100 e. The van der Waals surface area contributed by atoms with Crippen molar-refractivity contribution in [1.82, 2.24) is 0 Å². The van der Waals surface area contributed by atoms with E-state index in [2.05, 4.69) is 37.5 Å². The fourth-order valence-electron chi connectivity index (χ4n) is 8.91. The summed E-state index contributed by atoms with van der Waals surface area (Å²) in [6.45, 7) is 8.14. The minimum atomic E-state index is -0.832. The van der Waals surface area contributed by atoms with Gasteiger partial charge in [-0.1, -0.05) is 127 Å². The summed E-state index contributed by atoms with van der Waals surface area (Å²) >= 11 is 0. The molecule has 4 atom stereocenters. The Labute approximate surface area is 333 Å². The fraction of sp³-hybridized carbons (Fsp3) is 0.917. The first-order valence-electron chi connectivity index (χ1n) is 23.2. The van der Waals surface area contributed by atoms with Crippen LogP contribution in [0.2, 0.25) is 0 Å². The molecular formula is C48H84O6. The quantitative estimate of drug-likeness (QED) is 0.0612. The van der Waals surface area contributed by atoms with E-state index >= 15 is 0 Å². The molecule has 6 heteroatoms. The first kappa shape index (κ1) is 47.3. The van der Waals surface area contributed by atoms with Crippen LogP contribution in [0.5, 0.6) is 0 Å². The Bertz CT molecular complexity index is 994. The molecule has 6 nitrogen and oxygen atoms in total. The average Bonchev–Trinajstić information content (AvgIpc) is 3.20. The second-order valence-corrected chi connectivity index (χ2v) is 17.2. The maximum absolute atomic E-state index is 9.31. The lowest BCUT2D eigenvalue weighted by atomic mass is 9.73. The zero-order valence-electron chi connectivity index (χ0n) is 35.2. The zero-order chi connectivity index (χ0) is 38.3. The summed E-state index contributed by atoms with van der Waals surface area (Å²) < 4.78 is 22.8. The van der Waals surface area contributed by atoms with Crippen molar-refractivity contribution < 1.29 is 29.2 Å². The van der Waals surface area contributed by atoms with Gasteiger partial charge in [0.25, 0.3) is 0 Å². The molecule has 0 bridgehead atoms. The molecule has 0 aromatic heterocycles. The van der Waals surface area contributed by atoms with Crippen LogP contribution in [0.3, 0.4) is 0 Å². The van der Waals surface area contributed by atoms with Crippen molar-refractivity contribution in [3.8, 4) is 23.7 Å². The molecule has 0 spiro atoms. The second kappa shape index (κ2) is 31.9. The van der Waals surface area contributed by atoms with Crippen LogP contribution in [-0.2, 0) is 18.9 Å². The van der Waals surface area contributed by atoms with E-state index in [0.29, 0.717) is 69.2 Å². The van der Waals surface area contributed by atoms with Crippen LogP contribution in [0.4, 0.5) is 0 Å². The van der Waals surface area contributed by atoms with Crippen molar-refractivity contribution in [3.63, 3.8) is 0 Å². The third-order valence-electron chi connectivity index (χ3n) is 12.5. The Kier molecular flexibility index (Phi) is 27.9. The number of hydrogen-bond donors (Lipinski definition) is 2. The molecule has 4 unspecified atom stereocenters. The molecule has 3 aliphatic carbocycles. The summed E-state index contributed by atoms with van der Waals surface area (Å²) in [6, 6.07) is 0. The first-order valence-corrected chi connectivity index (χ1v) is 23.2. The Morgan fingerprint density at radius 2 is 0.944 bits per heavy atom. The maximum atomic E-state index is 9.31. The van der Waals surface area contributed by atoms with Gasteiger partial charge in [-0.2, -0.15) is 0 Å². The van der Waals surface area contributed by atoms with Crippen LogP contribution >= 0.6 is 0 Å². The van der Waals surface area contributed by atoms with E-state index in [9.17, 15) is 5.11 Å². The molecule has 3 saturated carbocycles. The van der Waals surface area contributed by atoms with E-state index in [0.717, 1.165) is 31.3 Å². The lowest BCUT2D eigenvalue weighted by Gasteiger charge is -2.32. The highest BCUT2D eigenvalue weighted by molar-refractivity contribution is 5.14. The number of aliphatic hydroxyl groups excluding tert-OH is 2. The van der Waals surface area contributed by atoms with Crippen LogP contribution in [0.25, 0.3) is 0 Å². The van der Waals surface area contributed by atoms with Crippen molar-refractivity contribution in [2.75, 3.05) is 59.5 Å². The molecule has 0 amide bonds. The summed E-state index contributed by atoms with van der Waals surface area (Å²) in [5, 5.41) is 18.1. The third-order valence-corrected chi connectivity index (χ3v) is 12.5. The third kappa shape index (κ3) is 22.6. The summed E-state index contributed by atoms with van der Waals surface area (Å²) in [4.78, 5) is 0. The van der Waals surface area contributed by atoms with Gasteiger partial charge in [0.15, 0.2) is 0 Å². The van der Waals surface area contributed by atoms with Gasteiger partial charge in [-0.3, -0.25) is 0 Å². The van der Waals surface area contributed by atoms with Crippen molar-refractivity contribution >= 4 is 0 Å². The van der Waals surface area contributed by atoms with Gasteiger partial charge in [-0.15, -0.1) is 0 Å². The molecule has 0 aliphatic heterocycles. The van der Waals surface area contributed by atoms with Gasteiger partial charge in [0.05, 0.1) is 59.5 Å². The van der Waals surface area contributed by atoms with Crippen LogP contribution in [0, 0.1) is 65.1 Å². The highest BCUT2D eigenvalue weighted by atomic mass is 16.6. The minimum Gasteiger partial charge on any atom is -0.394 e. The zero-order valence-corrected chi connectivity index (χ0v) is 35.2.